The molecule has 8 heteroatoms. The Bertz CT molecular complexity index is 563. The number of nitrogens with zero attached hydrogens (tertiary/aromatic N) is 2. The third-order valence-corrected chi connectivity index (χ3v) is 4.12. The summed E-state index contributed by atoms with van der Waals surface area (Å²) in [6.45, 7) is 8.78. The van der Waals surface area contributed by atoms with Gasteiger partial charge in [-0.05, 0) is 38.0 Å². The van der Waals surface area contributed by atoms with E-state index in [1.807, 2.05) is 43.0 Å². The van der Waals surface area contributed by atoms with Crippen molar-refractivity contribution in [2.45, 2.75) is 26.8 Å². The van der Waals surface area contributed by atoms with Gasteiger partial charge in [0.05, 0.1) is 13.2 Å². The van der Waals surface area contributed by atoms with E-state index < -0.39 is 0 Å². The van der Waals surface area contributed by atoms with E-state index in [-0.39, 0.29) is 29.9 Å². The van der Waals surface area contributed by atoms with Crippen LogP contribution < -0.4 is 10.6 Å². The Kier molecular flexibility index (Phi) is 15.7. The average Bonchev–Trinajstić information content (AvgIpc) is 2.70. The van der Waals surface area contributed by atoms with Crippen LogP contribution in [0.25, 0.3) is 0 Å². The topological polar surface area (TPSA) is 75.2 Å². The largest absolute Gasteiger partial charge is 0.382 e. The van der Waals surface area contributed by atoms with Gasteiger partial charge < -0.3 is 25.0 Å². The highest BCUT2D eigenvalue weighted by Gasteiger charge is 2.11. The fourth-order valence-electron chi connectivity index (χ4n) is 2.49. The van der Waals surface area contributed by atoms with Crippen LogP contribution in [0.15, 0.2) is 29.3 Å². The fourth-order valence-corrected chi connectivity index (χ4v) is 2.49. The van der Waals surface area contributed by atoms with Crippen LogP contribution in [0, 0.1) is 0 Å². The highest BCUT2D eigenvalue weighted by molar-refractivity contribution is 14.0. The second-order valence-electron chi connectivity index (χ2n) is 5.99. The number of carbonyl (C=O) groups excluding carboxylic acids is 1. The van der Waals surface area contributed by atoms with Gasteiger partial charge in [-0.2, -0.15) is 0 Å². The molecule has 0 saturated heterocycles. The smallest absolute Gasteiger partial charge is 0.253 e. The van der Waals surface area contributed by atoms with E-state index in [2.05, 4.69) is 15.6 Å². The highest BCUT2D eigenvalue weighted by atomic mass is 127. The third-order valence-electron chi connectivity index (χ3n) is 4.12. The van der Waals surface area contributed by atoms with Gasteiger partial charge in [-0.1, -0.05) is 12.1 Å². The zero-order chi connectivity index (χ0) is 19.9. The van der Waals surface area contributed by atoms with Crippen molar-refractivity contribution in [1.82, 2.24) is 15.5 Å². The number of carbonyl (C=O) groups is 1. The minimum absolute atomic E-state index is 0. The van der Waals surface area contributed by atoms with E-state index in [0.717, 1.165) is 43.1 Å². The maximum absolute atomic E-state index is 12.3. The molecule has 0 spiro atoms. The van der Waals surface area contributed by atoms with E-state index in [1.165, 1.54) is 0 Å². The molecule has 0 unspecified atom stereocenters. The zero-order valence-corrected chi connectivity index (χ0v) is 19.8. The van der Waals surface area contributed by atoms with Gasteiger partial charge in [0.1, 0.15) is 0 Å². The zero-order valence-electron chi connectivity index (χ0n) is 17.5. The molecule has 0 bridgehead atoms. The Labute approximate surface area is 186 Å². The first-order chi connectivity index (χ1) is 13.2. The molecule has 1 aromatic rings. The first-order valence-electron chi connectivity index (χ1n) is 9.55. The van der Waals surface area contributed by atoms with E-state index in [1.54, 1.807) is 14.2 Å². The number of hydrogen-bond acceptors (Lipinski definition) is 4. The second-order valence-corrected chi connectivity index (χ2v) is 5.99. The Morgan fingerprint density at radius 1 is 1.07 bits per heavy atom. The number of ether oxygens (including phenoxy) is 2. The monoisotopic (exact) mass is 506 g/mol. The Morgan fingerprint density at radius 2 is 1.75 bits per heavy atom. The molecule has 0 aliphatic rings. The molecule has 0 fully saturated rings. The van der Waals surface area contributed by atoms with Crippen LogP contribution in [0.1, 0.15) is 36.2 Å². The number of nitrogens with one attached hydrogen (secondary N) is 2. The summed E-state index contributed by atoms with van der Waals surface area (Å²) in [5.41, 5.74) is 1.82. The summed E-state index contributed by atoms with van der Waals surface area (Å²) < 4.78 is 10.4. The summed E-state index contributed by atoms with van der Waals surface area (Å²) in [7, 11) is 3.41. The van der Waals surface area contributed by atoms with Gasteiger partial charge in [-0.15, -0.1) is 24.0 Å². The molecule has 0 aliphatic heterocycles. The van der Waals surface area contributed by atoms with E-state index in [4.69, 9.17) is 9.47 Å². The molecule has 160 valence electrons. The molecule has 1 amide bonds. The molecule has 1 rings (SSSR count). The minimum Gasteiger partial charge on any atom is -0.382 e. The number of aliphatic imine (C=N–C) groups is 1. The van der Waals surface area contributed by atoms with Crippen molar-refractivity contribution in [1.29, 1.82) is 0 Å². The highest BCUT2D eigenvalue weighted by Crippen LogP contribution is 2.08. The first kappa shape index (κ1) is 26.6. The van der Waals surface area contributed by atoms with Crippen molar-refractivity contribution >= 4 is 35.8 Å². The van der Waals surface area contributed by atoms with E-state index in [0.29, 0.717) is 26.4 Å². The van der Waals surface area contributed by atoms with E-state index in [9.17, 15) is 4.79 Å². The molecule has 1 aromatic carbocycles. The maximum Gasteiger partial charge on any atom is 0.253 e. The van der Waals surface area contributed by atoms with Crippen molar-refractivity contribution in [3.8, 4) is 0 Å². The normalized spacial score (nSPS) is 10.9. The number of benzene rings is 1. The summed E-state index contributed by atoms with van der Waals surface area (Å²) in [5.74, 6) is 0.819. The molecule has 7 nitrogen and oxygen atoms in total. The molecule has 0 aliphatic carbocycles. The van der Waals surface area contributed by atoms with Gasteiger partial charge in [0.15, 0.2) is 5.96 Å². The van der Waals surface area contributed by atoms with Gasteiger partial charge in [0, 0.05) is 52.5 Å². The van der Waals surface area contributed by atoms with Crippen LogP contribution in [0.3, 0.4) is 0 Å². The number of amides is 1. The predicted molar refractivity (Wildman–Crippen MR) is 125 cm³/mol. The van der Waals surface area contributed by atoms with Crippen molar-refractivity contribution in [2.75, 3.05) is 53.6 Å². The molecule has 28 heavy (non-hydrogen) atoms. The molecule has 0 atom stereocenters. The quantitative estimate of drug-likeness (QED) is 0.197. The van der Waals surface area contributed by atoms with E-state index >= 15 is 0 Å². The van der Waals surface area contributed by atoms with Crippen LogP contribution in [-0.4, -0.2) is 70.4 Å². The molecular formula is C20H35IN4O3. The summed E-state index contributed by atoms with van der Waals surface area (Å²) in [6, 6.07) is 7.71. The lowest BCUT2D eigenvalue weighted by atomic mass is 10.1. The van der Waals surface area contributed by atoms with Crippen LogP contribution in [0.2, 0.25) is 0 Å². The lowest BCUT2D eigenvalue weighted by Crippen LogP contribution is -2.37. The molecule has 0 heterocycles. The minimum atomic E-state index is 0. The Morgan fingerprint density at radius 3 is 2.32 bits per heavy atom. The average molecular weight is 506 g/mol. The molecule has 0 saturated carbocycles. The summed E-state index contributed by atoms with van der Waals surface area (Å²) in [4.78, 5) is 18.4. The van der Waals surface area contributed by atoms with Crippen LogP contribution in [0.4, 0.5) is 0 Å². The van der Waals surface area contributed by atoms with Crippen molar-refractivity contribution in [2.24, 2.45) is 4.99 Å². The van der Waals surface area contributed by atoms with Crippen LogP contribution in [0.5, 0.6) is 0 Å². The van der Waals surface area contributed by atoms with Gasteiger partial charge in [0.2, 0.25) is 0 Å². The van der Waals surface area contributed by atoms with Crippen LogP contribution >= 0.6 is 24.0 Å². The second kappa shape index (κ2) is 16.6. The van der Waals surface area contributed by atoms with Crippen molar-refractivity contribution in [3.05, 3.63) is 35.4 Å². The lowest BCUT2D eigenvalue weighted by Gasteiger charge is -2.18. The standard InChI is InChI=1S/C20H34N4O3.HI/c1-5-24(6-2)19(25)18-10-8-17(9-11-18)16-23-20(21-3)22-12-7-13-27-15-14-26-4;/h8-11H,5-7,12-16H2,1-4H3,(H2,21,22,23);1H. The Balaban J connectivity index is 0.00000729. The number of rotatable bonds is 12. The number of halogens is 1. The van der Waals surface area contributed by atoms with Crippen molar-refractivity contribution < 1.29 is 14.3 Å². The Hall–Kier alpha value is -1.39. The summed E-state index contributed by atoms with van der Waals surface area (Å²) in [6.07, 6.45) is 0.895. The van der Waals surface area contributed by atoms with Gasteiger partial charge in [-0.3, -0.25) is 9.79 Å². The SMILES string of the molecule is CCN(CC)C(=O)c1ccc(CNC(=NC)NCCCOCCOC)cc1.I. The molecule has 0 aromatic heterocycles. The molecule has 0 radical (unpaired) electrons. The molecular weight excluding hydrogens is 471 g/mol. The predicted octanol–water partition coefficient (Wildman–Crippen LogP) is 2.50. The van der Waals surface area contributed by atoms with Crippen LogP contribution in [-0.2, 0) is 16.0 Å². The summed E-state index contributed by atoms with van der Waals surface area (Å²) >= 11 is 0. The summed E-state index contributed by atoms with van der Waals surface area (Å²) in [5, 5.41) is 6.53. The number of guanidine groups is 1. The maximum atomic E-state index is 12.3. The third kappa shape index (κ3) is 10.2. The van der Waals surface area contributed by atoms with Gasteiger partial charge >= 0.3 is 0 Å². The number of methoxy groups -OCH3 is 1. The fraction of sp³-hybridized carbons (Fsp3) is 0.600. The first-order valence-corrected chi connectivity index (χ1v) is 9.55. The number of hydrogen-bond donors (Lipinski definition) is 2. The van der Waals surface area contributed by atoms with Gasteiger partial charge in [-0.25, -0.2) is 0 Å². The van der Waals surface area contributed by atoms with Crippen molar-refractivity contribution in [3.63, 3.8) is 0 Å². The molecule has 2 N–H and O–H groups in total. The van der Waals surface area contributed by atoms with Gasteiger partial charge in [0.25, 0.3) is 5.91 Å². The lowest BCUT2D eigenvalue weighted by molar-refractivity contribution is 0.0698.